The molecule has 0 aliphatic carbocycles. The van der Waals surface area contributed by atoms with Crippen LogP contribution in [0.15, 0.2) is 34.7 Å². The van der Waals surface area contributed by atoms with Crippen molar-refractivity contribution in [1.29, 1.82) is 0 Å². The van der Waals surface area contributed by atoms with E-state index in [-0.39, 0.29) is 0 Å². The van der Waals surface area contributed by atoms with Gasteiger partial charge in [-0.05, 0) is 59.0 Å². The highest BCUT2D eigenvalue weighted by Crippen LogP contribution is 2.57. The third kappa shape index (κ3) is 14.3. The summed E-state index contributed by atoms with van der Waals surface area (Å²) in [6.07, 6.45) is 7.02. The minimum atomic E-state index is -5.20. The maximum atomic E-state index is 13.8. The molecule has 0 bridgehead atoms. The number of rotatable bonds is 11. The molecule has 0 saturated carbocycles. The Labute approximate surface area is 148 Å². The first kappa shape index (κ1) is 24.4. The molecule has 3 N–H and O–H groups in total. The van der Waals surface area contributed by atoms with E-state index in [1.807, 2.05) is 26.8 Å². The molecule has 0 spiro atoms. The summed E-state index contributed by atoms with van der Waals surface area (Å²) in [7, 11) is -10.2. The van der Waals surface area contributed by atoms with Crippen LogP contribution in [0.2, 0.25) is 0 Å². The van der Waals surface area contributed by atoms with E-state index in [2.05, 4.69) is 14.9 Å². The fourth-order valence-electron chi connectivity index (χ4n) is 1.78. The smallest absolute Gasteiger partial charge is 0.302 e. The lowest BCUT2D eigenvalue weighted by Gasteiger charge is -2.12. The van der Waals surface area contributed by atoms with Crippen LogP contribution in [0.1, 0.15) is 53.4 Å². The van der Waals surface area contributed by atoms with Crippen LogP contribution >= 0.6 is 15.6 Å². The SMILES string of the molecule is CC(C)=CCC/C(C)=C/CC/C(C)=C(/F)COP(=O)(O)OP(=O)(O)O. The van der Waals surface area contributed by atoms with Gasteiger partial charge in [0.1, 0.15) is 12.4 Å². The van der Waals surface area contributed by atoms with Crippen molar-refractivity contribution in [3.63, 3.8) is 0 Å². The molecule has 0 amide bonds. The van der Waals surface area contributed by atoms with Crippen LogP contribution in [0.5, 0.6) is 0 Å². The van der Waals surface area contributed by atoms with Gasteiger partial charge in [-0.3, -0.25) is 4.52 Å². The first-order valence-electron chi connectivity index (χ1n) is 7.70. The Balaban J connectivity index is 4.43. The number of phosphoric ester groups is 1. The van der Waals surface area contributed by atoms with Gasteiger partial charge in [0.05, 0.1) is 0 Å². The maximum Gasteiger partial charge on any atom is 0.481 e. The molecular formula is C15H27FO7P2. The second-order valence-corrected chi connectivity index (χ2v) is 8.74. The van der Waals surface area contributed by atoms with Crippen molar-refractivity contribution in [2.75, 3.05) is 6.61 Å². The normalized spacial score (nSPS) is 16.2. The van der Waals surface area contributed by atoms with Crippen LogP contribution in [-0.2, 0) is 18.0 Å². The van der Waals surface area contributed by atoms with Crippen molar-refractivity contribution < 1.29 is 37.0 Å². The molecule has 1 atom stereocenters. The van der Waals surface area contributed by atoms with Crippen molar-refractivity contribution in [3.05, 3.63) is 34.7 Å². The van der Waals surface area contributed by atoms with E-state index >= 15 is 0 Å². The minimum Gasteiger partial charge on any atom is -0.302 e. The molecular weight excluding hydrogens is 373 g/mol. The molecule has 0 aromatic carbocycles. The summed E-state index contributed by atoms with van der Waals surface area (Å²) in [6, 6.07) is 0. The van der Waals surface area contributed by atoms with E-state index in [1.165, 1.54) is 18.1 Å². The fraction of sp³-hybridized carbons (Fsp3) is 0.600. The van der Waals surface area contributed by atoms with Crippen molar-refractivity contribution >= 4 is 15.6 Å². The number of halogens is 1. The molecule has 25 heavy (non-hydrogen) atoms. The molecule has 0 heterocycles. The molecule has 0 saturated heterocycles. The van der Waals surface area contributed by atoms with Crippen LogP contribution in [0.3, 0.4) is 0 Å². The lowest BCUT2D eigenvalue weighted by molar-refractivity contribution is 0.181. The third-order valence-electron chi connectivity index (χ3n) is 3.13. The first-order chi connectivity index (χ1) is 11.3. The molecule has 0 aromatic rings. The van der Waals surface area contributed by atoms with Gasteiger partial charge in [0.15, 0.2) is 0 Å². The Bertz CT molecular complexity index is 615. The summed E-state index contributed by atoms with van der Waals surface area (Å²) in [5.74, 6) is -0.779. The van der Waals surface area contributed by atoms with Crippen molar-refractivity contribution in [3.8, 4) is 0 Å². The monoisotopic (exact) mass is 400 g/mol. The number of phosphoric acid groups is 2. The average molecular weight is 400 g/mol. The fourth-order valence-corrected chi connectivity index (χ4v) is 3.32. The van der Waals surface area contributed by atoms with Gasteiger partial charge in [0.25, 0.3) is 0 Å². The summed E-state index contributed by atoms with van der Waals surface area (Å²) < 4.78 is 43.3. The first-order valence-corrected chi connectivity index (χ1v) is 10.7. The Morgan fingerprint density at radius 2 is 1.56 bits per heavy atom. The average Bonchev–Trinajstić information content (AvgIpc) is 2.41. The predicted molar refractivity (Wildman–Crippen MR) is 94.4 cm³/mol. The van der Waals surface area contributed by atoms with Gasteiger partial charge in [-0.1, -0.05) is 23.3 Å². The van der Waals surface area contributed by atoms with Crippen molar-refractivity contribution in [2.24, 2.45) is 0 Å². The van der Waals surface area contributed by atoms with Gasteiger partial charge >= 0.3 is 15.6 Å². The van der Waals surface area contributed by atoms with Gasteiger partial charge in [-0.15, -0.1) is 0 Å². The molecule has 1 unspecified atom stereocenters. The van der Waals surface area contributed by atoms with E-state index in [4.69, 9.17) is 14.7 Å². The lowest BCUT2D eigenvalue weighted by atomic mass is 10.1. The molecule has 0 radical (unpaired) electrons. The number of hydrogen-bond donors (Lipinski definition) is 3. The molecule has 10 heteroatoms. The van der Waals surface area contributed by atoms with Gasteiger partial charge in [-0.25, -0.2) is 13.5 Å². The second kappa shape index (κ2) is 11.2. The van der Waals surface area contributed by atoms with Gasteiger partial charge in [-0.2, -0.15) is 4.31 Å². The van der Waals surface area contributed by atoms with Crippen LogP contribution in [-0.4, -0.2) is 21.3 Å². The van der Waals surface area contributed by atoms with Gasteiger partial charge in [0.2, 0.25) is 0 Å². The number of allylic oxidation sites excluding steroid dienone is 5. The molecule has 0 aliphatic rings. The Morgan fingerprint density at radius 3 is 2.08 bits per heavy atom. The second-order valence-electron chi connectivity index (χ2n) is 5.91. The third-order valence-corrected chi connectivity index (χ3v) is 5.26. The van der Waals surface area contributed by atoms with Crippen LogP contribution in [0.25, 0.3) is 0 Å². The molecule has 0 fully saturated rings. The highest BCUT2D eigenvalue weighted by atomic mass is 31.3. The number of hydrogen-bond acceptors (Lipinski definition) is 4. The summed E-state index contributed by atoms with van der Waals surface area (Å²) >= 11 is 0. The van der Waals surface area contributed by atoms with Gasteiger partial charge < -0.3 is 14.7 Å². The molecule has 7 nitrogen and oxygen atoms in total. The van der Waals surface area contributed by atoms with Crippen molar-refractivity contribution in [2.45, 2.75) is 53.4 Å². The quantitative estimate of drug-likeness (QED) is 0.333. The van der Waals surface area contributed by atoms with E-state index in [1.54, 1.807) is 0 Å². The Morgan fingerprint density at radius 1 is 1.00 bits per heavy atom. The van der Waals surface area contributed by atoms with Crippen LogP contribution in [0, 0.1) is 0 Å². The summed E-state index contributed by atoms with van der Waals surface area (Å²) in [6.45, 7) is 6.68. The molecule has 0 aliphatic heterocycles. The Kier molecular flexibility index (Phi) is 10.9. The highest BCUT2D eigenvalue weighted by Gasteiger charge is 2.32. The standard InChI is InChI=1S/C15H27FO7P2/c1-12(2)7-5-8-13(3)9-6-10-14(4)15(16)11-22-25(20,21)23-24(17,18)19/h7,9H,5-6,8,10-11H2,1-4H3,(H,20,21)(H2,17,18,19)/b13-9+,15-14+. The van der Waals surface area contributed by atoms with Crippen molar-refractivity contribution in [1.82, 2.24) is 0 Å². The zero-order valence-electron chi connectivity index (χ0n) is 14.9. The van der Waals surface area contributed by atoms with E-state index in [0.717, 1.165) is 12.8 Å². The van der Waals surface area contributed by atoms with Crippen LogP contribution < -0.4 is 0 Å². The zero-order chi connectivity index (χ0) is 19.7. The topological polar surface area (TPSA) is 113 Å². The lowest BCUT2D eigenvalue weighted by Crippen LogP contribution is -1.98. The van der Waals surface area contributed by atoms with E-state index in [9.17, 15) is 13.5 Å². The molecule has 146 valence electrons. The minimum absolute atomic E-state index is 0.324. The van der Waals surface area contributed by atoms with Crippen LogP contribution in [0.4, 0.5) is 4.39 Å². The zero-order valence-corrected chi connectivity index (χ0v) is 16.7. The highest BCUT2D eigenvalue weighted by molar-refractivity contribution is 7.60. The maximum absolute atomic E-state index is 13.8. The largest absolute Gasteiger partial charge is 0.481 e. The summed E-state index contributed by atoms with van der Waals surface area (Å²) in [4.78, 5) is 26.0. The summed E-state index contributed by atoms with van der Waals surface area (Å²) in [5.41, 5.74) is 2.78. The molecule has 0 rings (SSSR count). The molecule has 0 aromatic heterocycles. The summed E-state index contributed by atoms with van der Waals surface area (Å²) in [5, 5.41) is 0. The predicted octanol–water partition coefficient (Wildman–Crippen LogP) is 4.93. The van der Waals surface area contributed by atoms with E-state index in [0.29, 0.717) is 18.4 Å². The van der Waals surface area contributed by atoms with Gasteiger partial charge in [0, 0.05) is 0 Å². The van der Waals surface area contributed by atoms with E-state index < -0.39 is 28.1 Å². The Hall–Kier alpha value is -0.590.